The minimum absolute atomic E-state index is 0.195. The fourth-order valence-electron chi connectivity index (χ4n) is 5.66. The molecule has 1 N–H and O–H groups in total. The van der Waals surface area contributed by atoms with Gasteiger partial charge in [-0.05, 0) is 50.3 Å². The van der Waals surface area contributed by atoms with Crippen LogP contribution in [0.5, 0.6) is 0 Å². The third-order valence-corrected chi connectivity index (χ3v) is 7.23. The summed E-state index contributed by atoms with van der Waals surface area (Å²) < 4.78 is 0. The van der Waals surface area contributed by atoms with Crippen LogP contribution < -0.4 is 0 Å². The number of piperidine rings is 1. The Balaban J connectivity index is 1.49. The standard InChI is InChI=1S/C23H34N2O2/c26-18-20-17-25(16-19(20)15-24-13-7-2-8-14-24)22(27)23(11-5-6-12-23)21-9-3-1-4-10-21/h1,3-4,9-10,19-20,26H,2,5-8,11-18H2/t19-,20-/m0/s1. The number of likely N-dealkylation sites (tertiary alicyclic amines) is 2. The van der Waals surface area contributed by atoms with Crippen LogP contribution in [0.4, 0.5) is 0 Å². The Morgan fingerprint density at radius 3 is 2.30 bits per heavy atom. The average Bonchev–Trinajstić information content (AvgIpc) is 3.37. The minimum atomic E-state index is -0.332. The number of aliphatic hydroxyl groups excluding tert-OH is 1. The lowest BCUT2D eigenvalue weighted by Crippen LogP contribution is -2.45. The van der Waals surface area contributed by atoms with Gasteiger partial charge in [-0.15, -0.1) is 0 Å². The molecule has 4 nitrogen and oxygen atoms in total. The largest absolute Gasteiger partial charge is 0.396 e. The quantitative estimate of drug-likeness (QED) is 0.866. The molecule has 0 spiro atoms. The zero-order chi connectivity index (χ0) is 18.7. The molecule has 1 amide bonds. The number of aliphatic hydroxyl groups is 1. The molecule has 4 heteroatoms. The fraction of sp³-hybridized carbons (Fsp3) is 0.696. The number of hydrogen-bond acceptors (Lipinski definition) is 3. The van der Waals surface area contributed by atoms with Crippen LogP contribution in [0.3, 0.4) is 0 Å². The van der Waals surface area contributed by atoms with E-state index in [4.69, 9.17) is 0 Å². The van der Waals surface area contributed by atoms with Crippen LogP contribution in [0.25, 0.3) is 0 Å². The minimum Gasteiger partial charge on any atom is -0.396 e. The third kappa shape index (κ3) is 3.79. The molecule has 148 valence electrons. The predicted octanol–water partition coefficient (Wildman–Crippen LogP) is 3.05. The number of benzene rings is 1. The molecule has 1 aromatic carbocycles. The lowest BCUT2D eigenvalue weighted by atomic mass is 9.77. The van der Waals surface area contributed by atoms with Crippen molar-refractivity contribution < 1.29 is 9.90 Å². The van der Waals surface area contributed by atoms with E-state index in [0.717, 1.165) is 45.3 Å². The van der Waals surface area contributed by atoms with Crippen molar-refractivity contribution in [3.05, 3.63) is 35.9 Å². The van der Waals surface area contributed by atoms with Crippen LogP contribution in [0.1, 0.15) is 50.5 Å². The number of carbonyl (C=O) groups is 1. The molecule has 1 aliphatic carbocycles. The molecule has 0 unspecified atom stereocenters. The predicted molar refractivity (Wildman–Crippen MR) is 108 cm³/mol. The summed E-state index contributed by atoms with van der Waals surface area (Å²) in [7, 11) is 0. The SMILES string of the molecule is O=C(N1C[C@@H](CO)[C@@H](CN2CCCCC2)C1)C1(c2ccccc2)CCCC1. The van der Waals surface area contributed by atoms with Gasteiger partial charge in [0.25, 0.3) is 0 Å². The molecule has 0 aromatic heterocycles. The van der Waals surface area contributed by atoms with Gasteiger partial charge in [0, 0.05) is 32.2 Å². The summed E-state index contributed by atoms with van der Waals surface area (Å²) in [5, 5.41) is 9.96. The first-order valence-electron chi connectivity index (χ1n) is 10.9. The van der Waals surface area contributed by atoms with Crippen molar-refractivity contribution in [1.82, 2.24) is 9.80 Å². The Hall–Kier alpha value is -1.39. The Labute approximate surface area is 163 Å². The van der Waals surface area contributed by atoms with Gasteiger partial charge in [-0.3, -0.25) is 4.79 Å². The van der Waals surface area contributed by atoms with Gasteiger partial charge in [0.1, 0.15) is 0 Å². The molecule has 3 aliphatic rings. The summed E-state index contributed by atoms with van der Waals surface area (Å²) >= 11 is 0. The van der Waals surface area contributed by atoms with Crippen molar-refractivity contribution in [2.75, 3.05) is 39.3 Å². The molecule has 0 radical (unpaired) electrons. The van der Waals surface area contributed by atoms with Crippen LogP contribution in [0, 0.1) is 11.8 Å². The first kappa shape index (κ1) is 18.9. The van der Waals surface area contributed by atoms with E-state index < -0.39 is 0 Å². The normalized spacial score (nSPS) is 28.6. The van der Waals surface area contributed by atoms with E-state index in [0.29, 0.717) is 11.8 Å². The number of hydrogen-bond donors (Lipinski definition) is 1. The molecule has 2 atom stereocenters. The number of carbonyl (C=O) groups excluding carboxylic acids is 1. The molecule has 3 fully saturated rings. The van der Waals surface area contributed by atoms with E-state index in [2.05, 4.69) is 34.1 Å². The molecule has 1 saturated carbocycles. The second kappa shape index (κ2) is 8.32. The van der Waals surface area contributed by atoms with E-state index in [9.17, 15) is 9.90 Å². The van der Waals surface area contributed by atoms with Crippen molar-refractivity contribution in [3.8, 4) is 0 Å². The van der Waals surface area contributed by atoms with Crippen molar-refractivity contribution >= 4 is 5.91 Å². The fourth-order valence-corrected chi connectivity index (χ4v) is 5.66. The monoisotopic (exact) mass is 370 g/mol. The van der Waals surface area contributed by atoms with Crippen molar-refractivity contribution in [2.45, 2.75) is 50.4 Å². The number of rotatable bonds is 5. The van der Waals surface area contributed by atoms with Gasteiger partial charge < -0.3 is 14.9 Å². The van der Waals surface area contributed by atoms with Crippen molar-refractivity contribution in [2.24, 2.45) is 11.8 Å². The van der Waals surface area contributed by atoms with Crippen LogP contribution in [0.15, 0.2) is 30.3 Å². The maximum atomic E-state index is 13.7. The average molecular weight is 371 g/mol. The van der Waals surface area contributed by atoms with Crippen molar-refractivity contribution in [1.29, 1.82) is 0 Å². The molecule has 2 saturated heterocycles. The highest BCUT2D eigenvalue weighted by atomic mass is 16.3. The molecule has 4 rings (SSSR count). The van der Waals surface area contributed by atoms with E-state index in [1.54, 1.807) is 0 Å². The van der Waals surface area contributed by atoms with E-state index in [1.807, 2.05) is 6.07 Å². The Morgan fingerprint density at radius 1 is 0.963 bits per heavy atom. The zero-order valence-corrected chi connectivity index (χ0v) is 16.5. The maximum absolute atomic E-state index is 13.7. The number of amides is 1. The van der Waals surface area contributed by atoms with E-state index in [-0.39, 0.29) is 17.9 Å². The van der Waals surface area contributed by atoms with Gasteiger partial charge in [0.15, 0.2) is 0 Å². The van der Waals surface area contributed by atoms with Gasteiger partial charge in [-0.2, -0.15) is 0 Å². The van der Waals surface area contributed by atoms with Crippen LogP contribution >= 0.6 is 0 Å². The summed E-state index contributed by atoms with van der Waals surface area (Å²) in [6.45, 7) is 5.12. The summed E-state index contributed by atoms with van der Waals surface area (Å²) in [6, 6.07) is 10.4. The summed E-state index contributed by atoms with van der Waals surface area (Å²) in [6.07, 6.45) is 8.12. The zero-order valence-electron chi connectivity index (χ0n) is 16.5. The molecule has 2 aliphatic heterocycles. The van der Waals surface area contributed by atoms with Gasteiger partial charge >= 0.3 is 0 Å². The molecule has 0 bridgehead atoms. The molecular formula is C23H34N2O2. The summed E-state index contributed by atoms with van der Waals surface area (Å²) in [4.78, 5) is 18.3. The van der Waals surface area contributed by atoms with Gasteiger partial charge in [0.05, 0.1) is 5.41 Å². The van der Waals surface area contributed by atoms with Gasteiger partial charge in [-0.25, -0.2) is 0 Å². The van der Waals surface area contributed by atoms with E-state index >= 15 is 0 Å². The van der Waals surface area contributed by atoms with Gasteiger partial charge in [-0.1, -0.05) is 49.6 Å². The lowest BCUT2D eigenvalue weighted by Gasteiger charge is -2.33. The highest BCUT2D eigenvalue weighted by Gasteiger charge is 2.47. The first-order chi connectivity index (χ1) is 13.2. The molecule has 2 heterocycles. The van der Waals surface area contributed by atoms with Crippen LogP contribution in [-0.4, -0.2) is 60.1 Å². The summed E-state index contributed by atoms with van der Waals surface area (Å²) in [5.41, 5.74) is 0.855. The van der Waals surface area contributed by atoms with Crippen molar-refractivity contribution in [3.63, 3.8) is 0 Å². The first-order valence-corrected chi connectivity index (χ1v) is 10.9. The van der Waals surface area contributed by atoms with Gasteiger partial charge in [0.2, 0.25) is 5.91 Å². The smallest absolute Gasteiger partial charge is 0.233 e. The van der Waals surface area contributed by atoms with Crippen LogP contribution in [0.2, 0.25) is 0 Å². The summed E-state index contributed by atoms with van der Waals surface area (Å²) in [5.74, 6) is 0.946. The second-order valence-electron chi connectivity index (χ2n) is 8.93. The Morgan fingerprint density at radius 2 is 1.63 bits per heavy atom. The topological polar surface area (TPSA) is 43.8 Å². The highest BCUT2D eigenvalue weighted by molar-refractivity contribution is 5.89. The Kier molecular flexibility index (Phi) is 5.84. The molecular weight excluding hydrogens is 336 g/mol. The second-order valence-corrected chi connectivity index (χ2v) is 8.93. The maximum Gasteiger partial charge on any atom is 0.233 e. The number of nitrogens with zero attached hydrogens (tertiary/aromatic N) is 2. The third-order valence-electron chi connectivity index (χ3n) is 7.23. The molecule has 27 heavy (non-hydrogen) atoms. The molecule has 1 aromatic rings. The van der Waals surface area contributed by atoms with E-state index in [1.165, 1.54) is 37.9 Å². The highest BCUT2D eigenvalue weighted by Crippen LogP contribution is 2.43. The van der Waals surface area contributed by atoms with Crippen LogP contribution in [-0.2, 0) is 10.2 Å². The Bertz CT molecular complexity index is 621. The lowest BCUT2D eigenvalue weighted by molar-refractivity contribution is -0.136.